The highest BCUT2D eigenvalue weighted by molar-refractivity contribution is 6.19. The Kier molecular flexibility index (Phi) is 6.99. The van der Waals surface area contributed by atoms with Gasteiger partial charge in [-0.05, 0) is 45.6 Å². The van der Waals surface area contributed by atoms with Gasteiger partial charge >= 0.3 is 0 Å². The van der Waals surface area contributed by atoms with Gasteiger partial charge in [-0.15, -0.1) is 11.6 Å². The quantitative estimate of drug-likeness (QED) is 0.750. The molecule has 1 rings (SSSR count). The molecule has 0 saturated heterocycles. The first-order chi connectivity index (χ1) is 9.85. The second kappa shape index (κ2) is 8.25. The molecule has 0 bridgehead atoms. The Morgan fingerprint density at radius 3 is 2.71 bits per heavy atom. The summed E-state index contributed by atoms with van der Waals surface area (Å²) in [6, 6.07) is 7.76. The summed E-state index contributed by atoms with van der Waals surface area (Å²) in [5, 5.41) is 2.90. The molecule has 1 N–H and O–H groups in total. The van der Waals surface area contributed by atoms with Gasteiger partial charge in [-0.2, -0.15) is 0 Å². The standard InChI is InChI=1S/C16H25ClN2O2/c1-16(2,12-17)15(20)18-11-13-6-5-7-14(10-13)21-9-8-19(3)4/h5-7,10H,8-9,11-12H2,1-4H3,(H,18,20). The van der Waals surface area contributed by atoms with Crippen LogP contribution in [0.5, 0.6) is 5.75 Å². The van der Waals surface area contributed by atoms with Gasteiger partial charge in [0.25, 0.3) is 0 Å². The largest absolute Gasteiger partial charge is 0.492 e. The number of ether oxygens (including phenoxy) is 1. The van der Waals surface area contributed by atoms with Crippen molar-refractivity contribution in [3.05, 3.63) is 29.8 Å². The maximum absolute atomic E-state index is 12.0. The number of carbonyl (C=O) groups is 1. The van der Waals surface area contributed by atoms with Crippen LogP contribution in [0.1, 0.15) is 19.4 Å². The first-order valence-electron chi connectivity index (χ1n) is 7.06. The summed E-state index contributed by atoms with van der Waals surface area (Å²) in [4.78, 5) is 14.0. The Labute approximate surface area is 132 Å². The Bertz CT molecular complexity index is 461. The van der Waals surface area contributed by atoms with E-state index in [4.69, 9.17) is 16.3 Å². The molecule has 1 aromatic rings. The van der Waals surface area contributed by atoms with E-state index >= 15 is 0 Å². The second-order valence-corrected chi connectivity index (χ2v) is 6.27. The van der Waals surface area contributed by atoms with Crippen molar-refractivity contribution in [3.63, 3.8) is 0 Å². The second-order valence-electron chi connectivity index (χ2n) is 6.00. The number of benzene rings is 1. The molecule has 0 heterocycles. The van der Waals surface area contributed by atoms with Gasteiger partial charge in [0.15, 0.2) is 0 Å². The summed E-state index contributed by atoms with van der Waals surface area (Å²) >= 11 is 5.79. The fraction of sp³-hybridized carbons (Fsp3) is 0.562. The first-order valence-corrected chi connectivity index (χ1v) is 7.59. The molecule has 0 spiro atoms. The van der Waals surface area contributed by atoms with E-state index in [0.717, 1.165) is 17.9 Å². The molecule has 0 saturated carbocycles. The lowest BCUT2D eigenvalue weighted by atomic mass is 9.95. The number of nitrogens with zero attached hydrogens (tertiary/aromatic N) is 1. The minimum Gasteiger partial charge on any atom is -0.492 e. The number of carbonyl (C=O) groups excluding carboxylic acids is 1. The molecular weight excluding hydrogens is 288 g/mol. The van der Waals surface area contributed by atoms with E-state index in [1.807, 2.05) is 52.2 Å². The monoisotopic (exact) mass is 312 g/mol. The Balaban J connectivity index is 2.51. The van der Waals surface area contributed by atoms with Crippen molar-refractivity contribution in [1.82, 2.24) is 10.2 Å². The molecule has 5 heteroatoms. The average molecular weight is 313 g/mol. The van der Waals surface area contributed by atoms with Crippen LogP contribution in [0, 0.1) is 5.41 Å². The van der Waals surface area contributed by atoms with Crippen LogP contribution in [0.3, 0.4) is 0 Å². The van der Waals surface area contributed by atoms with E-state index in [-0.39, 0.29) is 5.91 Å². The summed E-state index contributed by atoms with van der Waals surface area (Å²) in [5.41, 5.74) is 0.456. The van der Waals surface area contributed by atoms with E-state index in [0.29, 0.717) is 19.0 Å². The van der Waals surface area contributed by atoms with Gasteiger partial charge in [-0.25, -0.2) is 0 Å². The summed E-state index contributed by atoms with van der Waals surface area (Å²) in [7, 11) is 4.02. The van der Waals surface area contributed by atoms with Crippen LogP contribution >= 0.6 is 11.6 Å². The first kappa shape index (κ1) is 17.8. The van der Waals surface area contributed by atoms with E-state index in [1.54, 1.807) is 0 Å². The minimum absolute atomic E-state index is 0.0450. The third-order valence-corrected chi connectivity index (χ3v) is 3.78. The molecule has 21 heavy (non-hydrogen) atoms. The van der Waals surface area contributed by atoms with Gasteiger partial charge < -0.3 is 15.0 Å². The number of likely N-dealkylation sites (N-methyl/N-ethyl adjacent to an activating group) is 1. The molecule has 1 amide bonds. The van der Waals surface area contributed by atoms with Crippen molar-refractivity contribution in [3.8, 4) is 5.75 Å². The molecule has 1 aromatic carbocycles. The molecule has 0 unspecified atom stereocenters. The normalized spacial score (nSPS) is 11.5. The predicted molar refractivity (Wildman–Crippen MR) is 86.8 cm³/mol. The SMILES string of the molecule is CN(C)CCOc1cccc(CNC(=O)C(C)(C)CCl)c1. The highest BCUT2D eigenvalue weighted by Gasteiger charge is 2.25. The van der Waals surface area contributed by atoms with E-state index in [9.17, 15) is 4.79 Å². The van der Waals surface area contributed by atoms with Crippen molar-refractivity contribution >= 4 is 17.5 Å². The molecule has 0 aromatic heterocycles. The predicted octanol–water partition coefficient (Wildman–Crippen LogP) is 2.51. The van der Waals surface area contributed by atoms with E-state index in [2.05, 4.69) is 10.2 Å². The molecule has 0 aliphatic heterocycles. The van der Waals surface area contributed by atoms with E-state index < -0.39 is 5.41 Å². The van der Waals surface area contributed by atoms with Gasteiger partial charge in [-0.3, -0.25) is 4.79 Å². The zero-order chi connectivity index (χ0) is 15.9. The highest BCUT2D eigenvalue weighted by atomic mass is 35.5. The van der Waals surface area contributed by atoms with E-state index in [1.165, 1.54) is 0 Å². The van der Waals surface area contributed by atoms with Crippen molar-refractivity contribution in [2.24, 2.45) is 5.41 Å². The van der Waals surface area contributed by atoms with Gasteiger partial charge in [0, 0.05) is 19.0 Å². The highest BCUT2D eigenvalue weighted by Crippen LogP contribution is 2.18. The lowest BCUT2D eigenvalue weighted by Gasteiger charge is -2.20. The number of rotatable bonds is 8. The van der Waals surface area contributed by atoms with Crippen LogP contribution in [0.2, 0.25) is 0 Å². The molecule has 0 aliphatic carbocycles. The Morgan fingerprint density at radius 1 is 1.38 bits per heavy atom. The lowest BCUT2D eigenvalue weighted by molar-refractivity contribution is -0.128. The van der Waals surface area contributed by atoms with Crippen molar-refractivity contribution in [1.29, 1.82) is 0 Å². The summed E-state index contributed by atoms with van der Waals surface area (Å²) in [5.74, 6) is 1.07. The van der Waals surface area contributed by atoms with Gasteiger partial charge in [0.2, 0.25) is 5.91 Å². The average Bonchev–Trinajstić information content (AvgIpc) is 2.44. The third kappa shape index (κ3) is 6.36. The molecule has 118 valence electrons. The molecule has 4 nitrogen and oxygen atoms in total. The van der Waals surface area contributed by atoms with Crippen LogP contribution in [0.25, 0.3) is 0 Å². The molecular formula is C16H25ClN2O2. The van der Waals surface area contributed by atoms with Crippen LogP contribution in [0.15, 0.2) is 24.3 Å². The minimum atomic E-state index is -0.554. The smallest absolute Gasteiger partial charge is 0.227 e. The number of amides is 1. The van der Waals surface area contributed by atoms with Crippen molar-refractivity contribution < 1.29 is 9.53 Å². The van der Waals surface area contributed by atoms with Gasteiger partial charge in [0.1, 0.15) is 12.4 Å². The fourth-order valence-corrected chi connectivity index (χ4v) is 1.69. The molecule has 0 fully saturated rings. The summed E-state index contributed by atoms with van der Waals surface area (Å²) < 4.78 is 5.68. The van der Waals surface area contributed by atoms with Crippen LogP contribution in [-0.2, 0) is 11.3 Å². The fourth-order valence-electron chi connectivity index (χ4n) is 1.57. The zero-order valence-corrected chi connectivity index (χ0v) is 14.0. The Hall–Kier alpha value is -1.26. The van der Waals surface area contributed by atoms with Gasteiger partial charge in [0.05, 0.1) is 5.41 Å². The maximum Gasteiger partial charge on any atom is 0.227 e. The summed E-state index contributed by atoms with van der Waals surface area (Å²) in [6.45, 7) is 5.64. The zero-order valence-electron chi connectivity index (χ0n) is 13.3. The van der Waals surface area contributed by atoms with Gasteiger partial charge in [-0.1, -0.05) is 12.1 Å². The third-order valence-electron chi connectivity index (χ3n) is 3.11. The molecule has 0 atom stereocenters. The summed E-state index contributed by atoms with van der Waals surface area (Å²) in [6.07, 6.45) is 0. The van der Waals surface area contributed by atoms with Crippen LogP contribution in [-0.4, -0.2) is 43.9 Å². The lowest BCUT2D eigenvalue weighted by Crippen LogP contribution is -2.37. The number of nitrogens with one attached hydrogen (secondary N) is 1. The van der Waals surface area contributed by atoms with Crippen molar-refractivity contribution in [2.75, 3.05) is 33.1 Å². The molecule has 0 radical (unpaired) electrons. The molecule has 0 aliphatic rings. The maximum atomic E-state index is 12.0. The number of hydrogen-bond acceptors (Lipinski definition) is 3. The van der Waals surface area contributed by atoms with Crippen molar-refractivity contribution in [2.45, 2.75) is 20.4 Å². The number of halogens is 1. The topological polar surface area (TPSA) is 41.6 Å². The number of alkyl halides is 1. The number of hydrogen-bond donors (Lipinski definition) is 1. The van der Waals surface area contributed by atoms with Crippen LogP contribution < -0.4 is 10.1 Å². The van der Waals surface area contributed by atoms with Crippen LogP contribution in [0.4, 0.5) is 0 Å². The Morgan fingerprint density at radius 2 is 2.10 bits per heavy atom.